The number of piperazine rings is 1. The van der Waals surface area contributed by atoms with E-state index in [4.69, 9.17) is 0 Å². The summed E-state index contributed by atoms with van der Waals surface area (Å²) in [4.78, 5) is 20.7. The van der Waals surface area contributed by atoms with Gasteiger partial charge in [-0.2, -0.15) is 0 Å². The van der Waals surface area contributed by atoms with Gasteiger partial charge in [-0.3, -0.25) is 9.79 Å². The third-order valence-corrected chi connectivity index (χ3v) is 4.48. The third kappa shape index (κ3) is 4.91. The first kappa shape index (κ1) is 18.6. The number of nitrogens with zero attached hydrogens (tertiary/aromatic N) is 3. The fourth-order valence-corrected chi connectivity index (χ4v) is 3.11. The SMILES string of the molecule is CN=C(NCC(=O)Nc1ccccc1)N1CCN(c2ccccc2O)CC1. The van der Waals surface area contributed by atoms with Crippen LogP contribution < -0.4 is 15.5 Å². The van der Waals surface area contributed by atoms with Crippen molar-refractivity contribution < 1.29 is 9.90 Å². The van der Waals surface area contributed by atoms with E-state index in [1.807, 2.05) is 48.5 Å². The number of anilines is 2. The van der Waals surface area contributed by atoms with Gasteiger partial charge in [-0.25, -0.2) is 0 Å². The van der Waals surface area contributed by atoms with Crippen molar-refractivity contribution in [3.05, 3.63) is 54.6 Å². The third-order valence-electron chi connectivity index (χ3n) is 4.48. The molecule has 0 unspecified atom stereocenters. The van der Waals surface area contributed by atoms with Crippen LogP contribution in [-0.4, -0.2) is 61.6 Å². The highest BCUT2D eigenvalue weighted by atomic mass is 16.3. The van der Waals surface area contributed by atoms with Gasteiger partial charge < -0.3 is 25.5 Å². The number of guanidine groups is 1. The summed E-state index contributed by atoms with van der Waals surface area (Å²) >= 11 is 0. The average Bonchev–Trinajstić information content (AvgIpc) is 2.70. The molecule has 0 aromatic heterocycles. The number of aromatic hydroxyl groups is 1. The molecule has 1 fully saturated rings. The smallest absolute Gasteiger partial charge is 0.243 e. The van der Waals surface area contributed by atoms with Crippen LogP contribution in [0, 0.1) is 0 Å². The predicted octanol–water partition coefficient (Wildman–Crippen LogP) is 1.73. The van der Waals surface area contributed by atoms with Crippen LogP contribution in [0.2, 0.25) is 0 Å². The maximum atomic E-state index is 12.1. The minimum absolute atomic E-state index is 0.116. The molecule has 0 radical (unpaired) electrons. The summed E-state index contributed by atoms with van der Waals surface area (Å²) in [6, 6.07) is 16.7. The summed E-state index contributed by atoms with van der Waals surface area (Å²) in [5, 5.41) is 16.0. The van der Waals surface area contributed by atoms with E-state index < -0.39 is 0 Å². The number of carbonyl (C=O) groups excluding carboxylic acids is 1. The van der Waals surface area contributed by atoms with Crippen LogP contribution in [0.3, 0.4) is 0 Å². The molecule has 0 atom stereocenters. The first-order chi connectivity index (χ1) is 13.2. The molecule has 2 aromatic rings. The molecule has 1 heterocycles. The highest BCUT2D eigenvalue weighted by molar-refractivity contribution is 5.95. The van der Waals surface area contributed by atoms with E-state index in [9.17, 15) is 9.90 Å². The van der Waals surface area contributed by atoms with Gasteiger partial charge in [0.1, 0.15) is 5.75 Å². The van der Waals surface area contributed by atoms with E-state index in [-0.39, 0.29) is 12.5 Å². The molecule has 1 aliphatic rings. The first-order valence-corrected chi connectivity index (χ1v) is 9.01. The number of aliphatic imine (C=N–C) groups is 1. The molecule has 7 nitrogen and oxygen atoms in total. The van der Waals surface area contributed by atoms with Crippen molar-refractivity contribution in [3.8, 4) is 5.75 Å². The Morgan fingerprint density at radius 1 is 1.04 bits per heavy atom. The lowest BCUT2D eigenvalue weighted by Gasteiger charge is -2.37. The maximum absolute atomic E-state index is 12.1. The lowest BCUT2D eigenvalue weighted by Crippen LogP contribution is -2.53. The number of amides is 1. The van der Waals surface area contributed by atoms with E-state index in [0.717, 1.165) is 37.6 Å². The van der Waals surface area contributed by atoms with Gasteiger partial charge in [0, 0.05) is 38.9 Å². The molecule has 142 valence electrons. The number of hydrogen-bond acceptors (Lipinski definition) is 4. The summed E-state index contributed by atoms with van der Waals surface area (Å²) in [5.74, 6) is 0.886. The second-order valence-corrected chi connectivity index (χ2v) is 6.28. The second kappa shape index (κ2) is 8.93. The van der Waals surface area contributed by atoms with Gasteiger partial charge in [-0.15, -0.1) is 0 Å². The second-order valence-electron chi connectivity index (χ2n) is 6.28. The Bertz CT molecular complexity index is 786. The molecule has 0 bridgehead atoms. The highest BCUT2D eigenvalue weighted by Gasteiger charge is 2.21. The fraction of sp³-hybridized carbons (Fsp3) is 0.300. The molecule has 27 heavy (non-hydrogen) atoms. The summed E-state index contributed by atoms with van der Waals surface area (Å²) in [6.45, 7) is 3.22. The molecule has 3 rings (SSSR count). The van der Waals surface area contributed by atoms with Crippen molar-refractivity contribution in [3.63, 3.8) is 0 Å². The van der Waals surface area contributed by atoms with Crippen LogP contribution in [0.4, 0.5) is 11.4 Å². The fourth-order valence-electron chi connectivity index (χ4n) is 3.11. The number of nitrogens with one attached hydrogen (secondary N) is 2. The molecule has 7 heteroatoms. The molecule has 0 saturated carbocycles. The van der Waals surface area contributed by atoms with Crippen molar-refractivity contribution in [2.45, 2.75) is 0 Å². The van der Waals surface area contributed by atoms with Gasteiger partial charge in [0.05, 0.1) is 12.2 Å². The Kier molecular flexibility index (Phi) is 6.14. The number of rotatable bonds is 4. The molecule has 3 N–H and O–H groups in total. The van der Waals surface area contributed by atoms with Gasteiger partial charge in [0.25, 0.3) is 0 Å². The van der Waals surface area contributed by atoms with E-state index >= 15 is 0 Å². The number of benzene rings is 2. The largest absolute Gasteiger partial charge is 0.506 e. The number of para-hydroxylation sites is 3. The predicted molar refractivity (Wildman–Crippen MR) is 108 cm³/mol. The van der Waals surface area contributed by atoms with Crippen LogP contribution in [0.25, 0.3) is 0 Å². The zero-order chi connectivity index (χ0) is 19.1. The molecule has 0 aliphatic carbocycles. The summed E-state index contributed by atoms with van der Waals surface area (Å²) < 4.78 is 0. The average molecular weight is 367 g/mol. The summed E-state index contributed by atoms with van der Waals surface area (Å²) in [7, 11) is 1.72. The van der Waals surface area contributed by atoms with Gasteiger partial charge >= 0.3 is 0 Å². The normalized spacial score (nSPS) is 14.8. The van der Waals surface area contributed by atoms with E-state index in [1.54, 1.807) is 13.1 Å². The van der Waals surface area contributed by atoms with E-state index in [2.05, 4.69) is 25.4 Å². The monoisotopic (exact) mass is 367 g/mol. The van der Waals surface area contributed by atoms with Gasteiger partial charge in [0.15, 0.2) is 5.96 Å². The Labute approximate surface area is 159 Å². The lowest BCUT2D eigenvalue weighted by molar-refractivity contribution is -0.115. The van der Waals surface area contributed by atoms with Crippen molar-refractivity contribution in [1.29, 1.82) is 0 Å². The number of carbonyl (C=O) groups is 1. The zero-order valence-corrected chi connectivity index (χ0v) is 15.4. The summed E-state index contributed by atoms with van der Waals surface area (Å²) in [5.41, 5.74) is 1.62. The van der Waals surface area contributed by atoms with Gasteiger partial charge in [-0.1, -0.05) is 30.3 Å². The molecule has 1 amide bonds. The topological polar surface area (TPSA) is 80.2 Å². The van der Waals surface area contributed by atoms with E-state index in [1.165, 1.54) is 0 Å². The van der Waals surface area contributed by atoms with Crippen LogP contribution >= 0.6 is 0 Å². The molecular weight excluding hydrogens is 342 g/mol. The standard InChI is InChI=1S/C20H25N5O2/c1-21-20(22-15-19(27)23-16-7-3-2-4-8-16)25-13-11-24(12-14-25)17-9-5-6-10-18(17)26/h2-10,26H,11-15H2,1H3,(H,21,22)(H,23,27). The minimum Gasteiger partial charge on any atom is -0.506 e. The van der Waals surface area contributed by atoms with E-state index in [0.29, 0.717) is 11.7 Å². The molecule has 1 saturated heterocycles. The lowest BCUT2D eigenvalue weighted by atomic mass is 10.2. The van der Waals surface area contributed by atoms with Crippen molar-refractivity contribution in [2.75, 3.05) is 50.0 Å². The van der Waals surface area contributed by atoms with Crippen LogP contribution in [0.1, 0.15) is 0 Å². The van der Waals surface area contributed by atoms with Crippen LogP contribution in [0.15, 0.2) is 59.6 Å². The number of hydrogen-bond donors (Lipinski definition) is 3. The molecular formula is C20H25N5O2. The first-order valence-electron chi connectivity index (χ1n) is 9.01. The van der Waals surface area contributed by atoms with Crippen molar-refractivity contribution in [2.24, 2.45) is 4.99 Å². The summed E-state index contributed by atoms with van der Waals surface area (Å²) in [6.07, 6.45) is 0. The Balaban J connectivity index is 1.49. The highest BCUT2D eigenvalue weighted by Crippen LogP contribution is 2.27. The van der Waals surface area contributed by atoms with Gasteiger partial charge in [-0.05, 0) is 24.3 Å². The maximum Gasteiger partial charge on any atom is 0.243 e. The Morgan fingerprint density at radius 2 is 1.70 bits per heavy atom. The van der Waals surface area contributed by atoms with Crippen LogP contribution in [0.5, 0.6) is 5.75 Å². The van der Waals surface area contributed by atoms with Crippen molar-refractivity contribution >= 4 is 23.2 Å². The zero-order valence-electron chi connectivity index (χ0n) is 15.4. The van der Waals surface area contributed by atoms with Crippen molar-refractivity contribution in [1.82, 2.24) is 10.2 Å². The minimum atomic E-state index is -0.116. The van der Waals surface area contributed by atoms with Crippen LogP contribution in [-0.2, 0) is 4.79 Å². The Hall–Kier alpha value is -3.22. The molecule has 1 aliphatic heterocycles. The number of phenols is 1. The molecule has 0 spiro atoms. The Morgan fingerprint density at radius 3 is 2.37 bits per heavy atom. The number of phenolic OH excluding ortho intramolecular Hbond substituents is 1. The molecule has 2 aromatic carbocycles. The quantitative estimate of drug-likeness (QED) is 0.566. The van der Waals surface area contributed by atoms with Gasteiger partial charge in [0.2, 0.25) is 5.91 Å².